The van der Waals surface area contributed by atoms with Crippen molar-refractivity contribution in [3.8, 4) is 0 Å². The van der Waals surface area contributed by atoms with Crippen LogP contribution in [0.3, 0.4) is 0 Å². The summed E-state index contributed by atoms with van der Waals surface area (Å²) in [6, 6.07) is 0. The highest BCUT2D eigenvalue weighted by molar-refractivity contribution is 5.73. The molecule has 0 aromatic rings. The van der Waals surface area contributed by atoms with Gasteiger partial charge in [0.2, 0.25) is 0 Å². The van der Waals surface area contributed by atoms with Crippen molar-refractivity contribution < 1.29 is 9.53 Å². The molecule has 0 aliphatic carbocycles. The van der Waals surface area contributed by atoms with Crippen LogP contribution >= 0.6 is 0 Å². The Kier molecular flexibility index (Phi) is 11.7. The monoisotopic (exact) mass is 268 g/mol. The Morgan fingerprint density at radius 1 is 1.05 bits per heavy atom. The van der Waals surface area contributed by atoms with E-state index in [1.807, 2.05) is 13.0 Å². The van der Waals surface area contributed by atoms with E-state index in [2.05, 4.69) is 13.8 Å². The summed E-state index contributed by atoms with van der Waals surface area (Å²) in [5, 5.41) is 0. The number of hydrogen-bond donors (Lipinski definition) is 0. The summed E-state index contributed by atoms with van der Waals surface area (Å²) in [5.41, 5.74) is 1.31. The molecule has 0 amide bonds. The molecule has 0 spiro atoms. The Morgan fingerprint density at radius 2 is 1.58 bits per heavy atom. The van der Waals surface area contributed by atoms with Crippen LogP contribution < -0.4 is 0 Å². The van der Waals surface area contributed by atoms with Crippen molar-refractivity contribution in [3.05, 3.63) is 11.6 Å². The van der Waals surface area contributed by atoms with E-state index in [1.165, 1.54) is 64.0 Å². The third-order valence-electron chi connectivity index (χ3n) is 3.53. The molecule has 0 bridgehead atoms. The molecular weight excluding hydrogens is 236 g/mol. The predicted molar refractivity (Wildman–Crippen MR) is 82.2 cm³/mol. The van der Waals surface area contributed by atoms with Crippen LogP contribution in [0.1, 0.15) is 78.6 Å². The van der Waals surface area contributed by atoms with Crippen molar-refractivity contribution in [3.63, 3.8) is 0 Å². The van der Waals surface area contributed by atoms with E-state index in [1.54, 1.807) is 0 Å². The van der Waals surface area contributed by atoms with Crippen molar-refractivity contribution in [2.24, 2.45) is 5.92 Å². The van der Waals surface area contributed by atoms with E-state index in [-0.39, 0.29) is 11.9 Å². The maximum atomic E-state index is 11.3. The number of unbranched alkanes of at least 4 members (excludes halogenated alkanes) is 7. The van der Waals surface area contributed by atoms with Gasteiger partial charge in [-0.05, 0) is 26.7 Å². The molecule has 0 radical (unpaired) electrons. The number of esters is 1. The molecule has 0 rings (SSSR count). The molecular formula is C17H32O2. The minimum Gasteiger partial charge on any atom is -0.469 e. The molecule has 1 atom stereocenters. The zero-order chi connectivity index (χ0) is 14.5. The van der Waals surface area contributed by atoms with Gasteiger partial charge in [-0.3, -0.25) is 4.79 Å². The first-order chi connectivity index (χ1) is 9.11. The van der Waals surface area contributed by atoms with Crippen LogP contribution in [0.2, 0.25) is 0 Å². The van der Waals surface area contributed by atoms with Gasteiger partial charge in [0.05, 0.1) is 13.0 Å². The standard InChI is InChI=1S/C17H32O2/c1-5-6-7-8-9-10-11-12-13-15(2)14-16(3)17(18)19-4/h14,16H,5-13H2,1-4H3/b15-14+/t16-/m0/s1. The van der Waals surface area contributed by atoms with Crippen LogP contribution in [-0.2, 0) is 9.53 Å². The van der Waals surface area contributed by atoms with E-state index in [4.69, 9.17) is 4.74 Å². The molecule has 0 saturated carbocycles. The van der Waals surface area contributed by atoms with Crippen LogP contribution in [0.15, 0.2) is 11.6 Å². The number of carbonyl (C=O) groups is 1. The summed E-state index contributed by atoms with van der Waals surface area (Å²) < 4.78 is 4.72. The fourth-order valence-corrected chi connectivity index (χ4v) is 2.30. The lowest BCUT2D eigenvalue weighted by molar-refractivity contribution is -0.143. The number of allylic oxidation sites excluding steroid dienone is 1. The van der Waals surface area contributed by atoms with E-state index < -0.39 is 0 Å². The van der Waals surface area contributed by atoms with Crippen LogP contribution in [0.5, 0.6) is 0 Å². The average molecular weight is 268 g/mol. The summed E-state index contributed by atoms with van der Waals surface area (Å²) in [4.78, 5) is 11.3. The minimum atomic E-state index is -0.143. The molecule has 19 heavy (non-hydrogen) atoms. The third kappa shape index (κ3) is 10.8. The summed E-state index contributed by atoms with van der Waals surface area (Å²) in [5.74, 6) is -0.255. The van der Waals surface area contributed by atoms with Gasteiger partial charge in [0.1, 0.15) is 0 Å². The molecule has 0 unspecified atom stereocenters. The second kappa shape index (κ2) is 12.3. The highest BCUT2D eigenvalue weighted by Crippen LogP contribution is 2.14. The molecule has 0 aromatic carbocycles. The minimum absolute atomic E-state index is 0.112. The molecule has 0 heterocycles. The highest BCUT2D eigenvalue weighted by Gasteiger charge is 2.09. The van der Waals surface area contributed by atoms with Gasteiger partial charge in [-0.2, -0.15) is 0 Å². The highest BCUT2D eigenvalue weighted by atomic mass is 16.5. The van der Waals surface area contributed by atoms with Crippen LogP contribution in [0.25, 0.3) is 0 Å². The second-order valence-electron chi connectivity index (χ2n) is 5.55. The first-order valence-corrected chi connectivity index (χ1v) is 7.87. The van der Waals surface area contributed by atoms with Gasteiger partial charge in [-0.25, -0.2) is 0 Å². The Hall–Kier alpha value is -0.790. The number of carbonyl (C=O) groups excluding carboxylic acids is 1. The quantitative estimate of drug-likeness (QED) is 0.290. The van der Waals surface area contributed by atoms with E-state index in [9.17, 15) is 4.79 Å². The maximum absolute atomic E-state index is 11.3. The normalized spacial score (nSPS) is 13.4. The molecule has 2 heteroatoms. The zero-order valence-electron chi connectivity index (χ0n) is 13.3. The van der Waals surface area contributed by atoms with E-state index in [0.29, 0.717) is 0 Å². The molecule has 0 N–H and O–H groups in total. The fourth-order valence-electron chi connectivity index (χ4n) is 2.30. The number of rotatable bonds is 11. The summed E-state index contributed by atoms with van der Waals surface area (Å²) in [6.07, 6.45) is 13.9. The molecule has 2 nitrogen and oxygen atoms in total. The van der Waals surface area contributed by atoms with E-state index in [0.717, 1.165) is 6.42 Å². The van der Waals surface area contributed by atoms with E-state index >= 15 is 0 Å². The maximum Gasteiger partial charge on any atom is 0.312 e. The van der Waals surface area contributed by atoms with Gasteiger partial charge in [0, 0.05) is 0 Å². The lowest BCUT2D eigenvalue weighted by Gasteiger charge is -2.07. The number of methoxy groups -OCH3 is 1. The fraction of sp³-hybridized carbons (Fsp3) is 0.824. The predicted octanol–water partition coefficient (Wildman–Crippen LogP) is 5.27. The van der Waals surface area contributed by atoms with Gasteiger partial charge < -0.3 is 4.74 Å². The van der Waals surface area contributed by atoms with Crippen LogP contribution in [0.4, 0.5) is 0 Å². The summed E-state index contributed by atoms with van der Waals surface area (Å²) in [7, 11) is 1.44. The topological polar surface area (TPSA) is 26.3 Å². The van der Waals surface area contributed by atoms with Gasteiger partial charge >= 0.3 is 5.97 Å². The van der Waals surface area contributed by atoms with Gasteiger partial charge in [-0.1, -0.05) is 63.5 Å². The zero-order valence-corrected chi connectivity index (χ0v) is 13.3. The summed E-state index contributed by atoms with van der Waals surface area (Å²) >= 11 is 0. The SMILES string of the molecule is CCCCCCCCCC/C(C)=C/[C@H](C)C(=O)OC. The van der Waals surface area contributed by atoms with Crippen molar-refractivity contribution >= 4 is 5.97 Å². The Labute approximate surface area is 119 Å². The third-order valence-corrected chi connectivity index (χ3v) is 3.53. The average Bonchev–Trinajstić information content (AvgIpc) is 2.40. The Balaban J connectivity index is 3.55. The van der Waals surface area contributed by atoms with Crippen molar-refractivity contribution in [1.29, 1.82) is 0 Å². The first-order valence-electron chi connectivity index (χ1n) is 7.87. The molecule has 0 saturated heterocycles. The lowest BCUT2D eigenvalue weighted by atomic mass is 10.0. The second-order valence-corrected chi connectivity index (χ2v) is 5.55. The number of ether oxygens (including phenoxy) is 1. The number of hydrogen-bond acceptors (Lipinski definition) is 2. The molecule has 0 aliphatic rings. The molecule has 0 aromatic heterocycles. The molecule has 112 valence electrons. The van der Waals surface area contributed by atoms with Crippen molar-refractivity contribution in [2.75, 3.05) is 7.11 Å². The molecule has 0 fully saturated rings. The van der Waals surface area contributed by atoms with Gasteiger partial charge in [0.15, 0.2) is 0 Å². The largest absolute Gasteiger partial charge is 0.469 e. The van der Waals surface area contributed by atoms with Gasteiger partial charge in [-0.15, -0.1) is 0 Å². The first kappa shape index (κ1) is 18.2. The van der Waals surface area contributed by atoms with Crippen molar-refractivity contribution in [1.82, 2.24) is 0 Å². The Morgan fingerprint density at radius 3 is 2.11 bits per heavy atom. The lowest BCUT2D eigenvalue weighted by Crippen LogP contribution is -2.10. The Bertz CT molecular complexity index is 256. The van der Waals surface area contributed by atoms with Gasteiger partial charge in [0.25, 0.3) is 0 Å². The smallest absolute Gasteiger partial charge is 0.312 e. The van der Waals surface area contributed by atoms with Crippen LogP contribution in [-0.4, -0.2) is 13.1 Å². The molecule has 0 aliphatic heterocycles. The van der Waals surface area contributed by atoms with Crippen molar-refractivity contribution in [2.45, 2.75) is 78.6 Å². The summed E-state index contributed by atoms with van der Waals surface area (Å²) in [6.45, 7) is 6.26. The van der Waals surface area contributed by atoms with Crippen LogP contribution in [0, 0.1) is 5.92 Å².